The van der Waals surface area contributed by atoms with Gasteiger partial charge in [-0.1, -0.05) is 12.1 Å². The van der Waals surface area contributed by atoms with Crippen molar-refractivity contribution in [2.45, 2.75) is 26.1 Å². The number of ether oxygens (including phenoxy) is 2. The molecule has 6 heteroatoms. The third-order valence-corrected chi connectivity index (χ3v) is 4.67. The normalized spacial score (nSPS) is 13.9. The first-order chi connectivity index (χ1) is 13.6. The molecule has 0 saturated carbocycles. The van der Waals surface area contributed by atoms with Gasteiger partial charge in [-0.25, -0.2) is 4.39 Å². The SMILES string of the molecule is C[C@H](O)CN(Cc1ccc2c(c1)OCO2)Cc1cccn1-c1cccc(F)c1. The first-order valence-corrected chi connectivity index (χ1v) is 9.29. The molecule has 0 unspecified atom stereocenters. The highest BCUT2D eigenvalue weighted by Crippen LogP contribution is 2.33. The van der Waals surface area contributed by atoms with Gasteiger partial charge in [0.25, 0.3) is 0 Å². The van der Waals surface area contributed by atoms with Gasteiger partial charge in [-0.15, -0.1) is 0 Å². The lowest BCUT2D eigenvalue weighted by Gasteiger charge is -2.25. The van der Waals surface area contributed by atoms with E-state index in [1.54, 1.807) is 13.0 Å². The number of halogens is 1. The van der Waals surface area contributed by atoms with Crippen LogP contribution in [-0.4, -0.2) is 34.0 Å². The molecule has 2 aromatic carbocycles. The Hall–Kier alpha value is -2.83. The van der Waals surface area contributed by atoms with E-state index in [1.165, 1.54) is 12.1 Å². The maximum Gasteiger partial charge on any atom is 0.231 e. The molecule has 0 amide bonds. The summed E-state index contributed by atoms with van der Waals surface area (Å²) in [5.74, 6) is 1.24. The first kappa shape index (κ1) is 18.5. The fraction of sp³-hybridized carbons (Fsp3) is 0.273. The number of benzene rings is 2. The molecular formula is C22H23FN2O3. The summed E-state index contributed by atoms with van der Waals surface area (Å²) in [6, 6.07) is 16.4. The minimum absolute atomic E-state index is 0.247. The molecule has 0 radical (unpaired) electrons. The van der Waals surface area contributed by atoms with Gasteiger partial charge in [0.05, 0.1) is 6.10 Å². The van der Waals surface area contributed by atoms with Crippen LogP contribution in [0.1, 0.15) is 18.2 Å². The van der Waals surface area contributed by atoms with E-state index < -0.39 is 6.10 Å². The van der Waals surface area contributed by atoms with Crippen molar-refractivity contribution >= 4 is 0 Å². The smallest absolute Gasteiger partial charge is 0.231 e. The van der Waals surface area contributed by atoms with Crippen LogP contribution in [0.4, 0.5) is 4.39 Å². The fourth-order valence-electron chi connectivity index (χ4n) is 3.51. The van der Waals surface area contributed by atoms with E-state index in [4.69, 9.17) is 9.47 Å². The largest absolute Gasteiger partial charge is 0.454 e. The average Bonchev–Trinajstić information content (AvgIpc) is 3.30. The summed E-state index contributed by atoms with van der Waals surface area (Å²) < 4.78 is 26.5. The second kappa shape index (κ2) is 8.04. The van der Waals surface area contributed by atoms with Crippen molar-refractivity contribution in [3.05, 3.63) is 77.9 Å². The van der Waals surface area contributed by atoms with Crippen LogP contribution in [0.25, 0.3) is 5.69 Å². The monoisotopic (exact) mass is 382 g/mol. The summed E-state index contributed by atoms with van der Waals surface area (Å²) in [6.07, 6.45) is 1.46. The minimum atomic E-state index is -0.466. The van der Waals surface area contributed by atoms with E-state index >= 15 is 0 Å². The Morgan fingerprint density at radius 3 is 2.75 bits per heavy atom. The van der Waals surface area contributed by atoms with Crippen molar-refractivity contribution in [3.63, 3.8) is 0 Å². The predicted octanol–water partition coefficient (Wildman–Crippen LogP) is 3.73. The van der Waals surface area contributed by atoms with Crippen LogP contribution >= 0.6 is 0 Å². The van der Waals surface area contributed by atoms with Gasteiger partial charge < -0.3 is 19.1 Å². The standard InChI is InChI=1S/C22H23FN2O3/c1-16(26)12-24(13-17-7-8-21-22(10-17)28-15-27-21)14-20-6-3-9-25(20)19-5-2-4-18(23)11-19/h2-11,16,26H,12-15H2,1H3/t16-/m0/s1. The number of nitrogens with zero attached hydrogens (tertiary/aromatic N) is 2. The molecular weight excluding hydrogens is 359 g/mol. The summed E-state index contributed by atoms with van der Waals surface area (Å²) in [5, 5.41) is 9.96. The number of hydrogen-bond acceptors (Lipinski definition) is 4. The van der Waals surface area contributed by atoms with Crippen LogP contribution in [0.3, 0.4) is 0 Å². The number of fused-ring (bicyclic) bond motifs is 1. The zero-order valence-electron chi connectivity index (χ0n) is 15.7. The molecule has 0 fully saturated rings. The average molecular weight is 382 g/mol. The Morgan fingerprint density at radius 1 is 1.07 bits per heavy atom. The maximum atomic E-state index is 13.6. The minimum Gasteiger partial charge on any atom is -0.454 e. The van der Waals surface area contributed by atoms with Gasteiger partial charge in [-0.3, -0.25) is 4.90 Å². The topological polar surface area (TPSA) is 46.9 Å². The number of hydrogen-bond donors (Lipinski definition) is 1. The van der Waals surface area contributed by atoms with Gasteiger partial charge in [-0.05, 0) is 55.0 Å². The van der Waals surface area contributed by atoms with Gasteiger partial charge in [0.2, 0.25) is 6.79 Å². The van der Waals surface area contributed by atoms with Crippen LogP contribution in [-0.2, 0) is 13.1 Å². The summed E-state index contributed by atoms with van der Waals surface area (Å²) >= 11 is 0. The van der Waals surface area contributed by atoms with Gasteiger partial charge in [-0.2, -0.15) is 0 Å². The molecule has 1 atom stereocenters. The molecule has 0 aliphatic carbocycles. The zero-order valence-corrected chi connectivity index (χ0v) is 15.7. The quantitative estimate of drug-likeness (QED) is 0.676. The zero-order chi connectivity index (χ0) is 19.5. The number of rotatable bonds is 7. The lowest BCUT2D eigenvalue weighted by Crippen LogP contribution is -2.31. The molecule has 2 heterocycles. The molecule has 0 bridgehead atoms. The lowest BCUT2D eigenvalue weighted by atomic mass is 10.1. The van der Waals surface area contributed by atoms with Crippen molar-refractivity contribution in [3.8, 4) is 17.2 Å². The molecule has 0 saturated heterocycles. The van der Waals surface area contributed by atoms with Crippen LogP contribution in [0.2, 0.25) is 0 Å². The highest BCUT2D eigenvalue weighted by Gasteiger charge is 2.17. The van der Waals surface area contributed by atoms with Gasteiger partial charge >= 0.3 is 0 Å². The highest BCUT2D eigenvalue weighted by atomic mass is 19.1. The van der Waals surface area contributed by atoms with Gasteiger partial charge in [0.15, 0.2) is 11.5 Å². The van der Waals surface area contributed by atoms with Gasteiger partial charge in [0.1, 0.15) is 5.82 Å². The molecule has 1 aliphatic heterocycles. The van der Waals surface area contributed by atoms with E-state index in [-0.39, 0.29) is 12.6 Å². The van der Waals surface area contributed by atoms with Crippen LogP contribution in [0.5, 0.6) is 11.5 Å². The third-order valence-electron chi connectivity index (χ3n) is 4.67. The lowest BCUT2D eigenvalue weighted by molar-refractivity contribution is 0.117. The molecule has 5 nitrogen and oxygen atoms in total. The number of aromatic nitrogens is 1. The summed E-state index contributed by atoms with van der Waals surface area (Å²) in [4.78, 5) is 2.16. The maximum absolute atomic E-state index is 13.6. The second-order valence-corrected chi connectivity index (χ2v) is 7.06. The van der Waals surface area contributed by atoms with Crippen molar-refractivity contribution in [1.82, 2.24) is 9.47 Å². The molecule has 3 aromatic rings. The molecule has 0 spiro atoms. The van der Waals surface area contributed by atoms with Crippen molar-refractivity contribution in [2.24, 2.45) is 0 Å². The Balaban J connectivity index is 1.55. The molecule has 1 aromatic heterocycles. The Bertz CT molecular complexity index is 954. The van der Waals surface area contributed by atoms with Crippen molar-refractivity contribution in [1.29, 1.82) is 0 Å². The van der Waals surface area contributed by atoms with Crippen molar-refractivity contribution < 1.29 is 19.0 Å². The van der Waals surface area contributed by atoms with E-state index in [2.05, 4.69) is 4.90 Å². The number of aliphatic hydroxyl groups excluding tert-OH is 1. The van der Waals surface area contributed by atoms with Crippen LogP contribution < -0.4 is 9.47 Å². The molecule has 28 heavy (non-hydrogen) atoms. The number of aliphatic hydroxyl groups is 1. The van der Waals surface area contributed by atoms with E-state index in [0.717, 1.165) is 28.4 Å². The Labute approximate surface area is 163 Å². The van der Waals surface area contributed by atoms with E-state index in [0.29, 0.717) is 19.6 Å². The van der Waals surface area contributed by atoms with Crippen molar-refractivity contribution in [2.75, 3.05) is 13.3 Å². The van der Waals surface area contributed by atoms with E-state index in [1.807, 2.05) is 47.2 Å². The molecule has 1 N–H and O–H groups in total. The summed E-state index contributed by atoms with van der Waals surface area (Å²) in [7, 11) is 0. The van der Waals surface area contributed by atoms with E-state index in [9.17, 15) is 9.50 Å². The molecule has 4 rings (SSSR count). The summed E-state index contributed by atoms with van der Waals surface area (Å²) in [6.45, 7) is 3.80. The highest BCUT2D eigenvalue weighted by molar-refractivity contribution is 5.44. The second-order valence-electron chi connectivity index (χ2n) is 7.06. The first-order valence-electron chi connectivity index (χ1n) is 9.29. The van der Waals surface area contributed by atoms with Crippen LogP contribution in [0, 0.1) is 5.82 Å². The van der Waals surface area contributed by atoms with Gasteiger partial charge in [0, 0.05) is 37.2 Å². The Morgan fingerprint density at radius 2 is 1.93 bits per heavy atom. The Kier molecular flexibility index (Phi) is 5.32. The fourth-order valence-corrected chi connectivity index (χ4v) is 3.51. The molecule has 1 aliphatic rings. The summed E-state index contributed by atoms with van der Waals surface area (Å²) in [5.41, 5.74) is 2.88. The predicted molar refractivity (Wildman–Crippen MR) is 104 cm³/mol. The van der Waals surface area contributed by atoms with Crippen LogP contribution in [0.15, 0.2) is 60.8 Å². The molecule has 146 valence electrons. The third kappa shape index (κ3) is 4.18.